The number of rotatable bonds is 10. The van der Waals surface area contributed by atoms with E-state index in [-0.39, 0.29) is 0 Å². The lowest BCUT2D eigenvalue weighted by Crippen LogP contribution is -2.29. The van der Waals surface area contributed by atoms with E-state index in [0.717, 1.165) is 13.1 Å². The summed E-state index contributed by atoms with van der Waals surface area (Å²) in [7, 11) is 0. The highest BCUT2D eigenvalue weighted by atomic mass is 32.2. The molecule has 0 unspecified atom stereocenters. The molecule has 0 aliphatic rings. The largest absolute Gasteiger partial charge is 0.206 e. The van der Waals surface area contributed by atoms with Gasteiger partial charge in [-0.05, 0) is 25.7 Å². The third-order valence-corrected chi connectivity index (χ3v) is 3.54. The van der Waals surface area contributed by atoms with Gasteiger partial charge in [-0.3, -0.25) is 0 Å². The molecule has 0 radical (unpaired) electrons. The summed E-state index contributed by atoms with van der Waals surface area (Å²) >= 11 is 9.19. The predicted octanol–water partition coefficient (Wildman–Crippen LogP) is 4.65. The fourth-order valence-corrected chi connectivity index (χ4v) is 2.26. The molecule has 0 aliphatic carbocycles. The number of hydrogen-bond acceptors (Lipinski definition) is 2. The van der Waals surface area contributed by atoms with E-state index in [1.165, 1.54) is 51.4 Å². The van der Waals surface area contributed by atoms with Crippen LogP contribution in [0.3, 0.4) is 0 Å². The number of thiol groups is 2. The summed E-state index contributed by atoms with van der Waals surface area (Å²) in [4.78, 5) is 0. The minimum Gasteiger partial charge on any atom is -0.206 e. The zero-order valence-electron chi connectivity index (χ0n) is 10.4. The van der Waals surface area contributed by atoms with Crippen molar-refractivity contribution in [2.75, 3.05) is 13.1 Å². The number of hydrogen-bond donors (Lipinski definition) is 2. The molecule has 0 N–H and O–H groups in total. The van der Waals surface area contributed by atoms with E-state index in [1.54, 1.807) is 0 Å². The van der Waals surface area contributed by atoms with Crippen molar-refractivity contribution in [3.63, 3.8) is 0 Å². The van der Waals surface area contributed by atoms with Gasteiger partial charge in [-0.25, -0.2) is 3.29 Å². The fraction of sp³-hybridized carbons (Fsp3) is 1.00. The molecule has 0 aliphatic heterocycles. The summed E-state index contributed by atoms with van der Waals surface area (Å²) < 4.78 is 0.618. The standard InChI is InChI=1S/C12H28NS2/c1-3-5-7-9-11-13(14,15)12-10-8-6-4-2/h14-15H,3-12H2,1-2H3/q+1. The maximum absolute atomic E-state index is 4.59. The molecule has 0 aromatic carbocycles. The SMILES string of the molecule is CCCCCC[N+](S)(S)CCCCCC. The second kappa shape index (κ2) is 9.86. The van der Waals surface area contributed by atoms with Crippen LogP contribution in [0.15, 0.2) is 0 Å². The van der Waals surface area contributed by atoms with E-state index in [4.69, 9.17) is 0 Å². The van der Waals surface area contributed by atoms with Gasteiger partial charge in [-0.1, -0.05) is 39.5 Å². The van der Waals surface area contributed by atoms with Gasteiger partial charge in [-0.2, -0.15) is 0 Å². The Labute approximate surface area is 107 Å². The number of nitrogens with zero attached hydrogens (tertiary/aromatic N) is 1. The first-order valence-corrected chi connectivity index (χ1v) is 7.25. The summed E-state index contributed by atoms with van der Waals surface area (Å²) in [5, 5.41) is 0. The van der Waals surface area contributed by atoms with E-state index in [0.29, 0.717) is 3.29 Å². The van der Waals surface area contributed by atoms with Gasteiger partial charge >= 0.3 is 0 Å². The summed E-state index contributed by atoms with van der Waals surface area (Å²) in [6, 6.07) is 0. The van der Waals surface area contributed by atoms with Crippen LogP contribution in [0.4, 0.5) is 0 Å². The molecule has 0 saturated heterocycles. The Morgan fingerprint density at radius 1 is 0.667 bits per heavy atom. The average molecular weight is 250 g/mol. The molecule has 0 heterocycles. The second-order valence-corrected chi connectivity index (χ2v) is 6.29. The molecule has 1 nitrogen and oxygen atoms in total. The first-order valence-electron chi connectivity index (χ1n) is 6.45. The summed E-state index contributed by atoms with van der Waals surface area (Å²) in [6.45, 7) is 6.68. The predicted molar refractivity (Wildman–Crippen MR) is 76.3 cm³/mol. The van der Waals surface area contributed by atoms with E-state index in [1.807, 2.05) is 0 Å². The third kappa shape index (κ3) is 10.9. The van der Waals surface area contributed by atoms with Crippen LogP contribution in [0.25, 0.3) is 0 Å². The highest BCUT2D eigenvalue weighted by Gasteiger charge is 2.17. The van der Waals surface area contributed by atoms with Crippen LogP contribution in [0.5, 0.6) is 0 Å². The van der Waals surface area contributed by atoms with Crippen molar-refractivity contribution < 1.29 is 3.29 Å². The summed E-state index contributed by atoms with van der Waals surface area (Å²) in [5.74, 6) is 0. The lowest BCUT2D eigenvalue weighted by atomic mass is 10.2. The molecule has 0 bridgehead atoms. The molecule has 0 amide bonds. The molecule has 0 aromatic rings. The molecule has 92 valence electrons. The normalized spacial score (nSPS) is 12.0. The first-order chi connectivity index (χ1) is 7.12. The highest BCUT2D eigenvalue weighted by Crippen LogP contribution is 2.20. The number of unbranched alkanes of at least 4 members (excludes halogenated alkanes) is 6. The molecular weight excluding hydrogens is 222 g/mol. The Balaban J connectivity index is 3.40. The van der Waals surface area contributed by atoms with Gasteiger partial charge in [-0.15, -0.1) is 0 Å². The van der Waals surface area contributed by atoms with Crippen molar-refractivity contribution in [3.05, 3.63) is 0 Å². The Kier molecular flexibility index (Phi) is 10.3. The van der Waals surface area contributed by atoms with Crippen LogP contribution < -0.4 is 0 Å². The summed E-state index contributed by atoms with van der Waals surface area (Å²) in [6.07, 6.45) is 10.5. The van der Waals surface area contributed by atoms with Crippen molar-refractivity contribution in [3.8, 4) is 0 Å². The van der Waals surface area contributed by atoms with Gasteiger partial charge in [0.1, 0.15) is 0 Å². The van der Waals surface area contributed by atoms with Crippen LogP contribution in [-0.2, 0) is 0 Å². The maximum Gasteiger partial charge on any atom is 0.0998 e. The molecule has 0 atom stereocenters. The van der Waals surface area contributed by atoms with Crippen LogP contribution in [0.2, 0.25) is 0 Å². The topological polar surface area (TPSA) is 0 Å². The van der Waals surface area contributed by atoms with Crippen molar-refractivity contribution in [1.82, 2.24) is 0 Å². The lowest BCUT2D eigenvalue weighted by molar-refractivity contribution is -0.641. The smallest absolute Gasteiger partial charge is 0.0998 e. The van der Waals surface area contributed by atoms with Gasteiger partial charge in [0.05, 0.1) is 38.7 Å². The molecule has 0 fully saturated rings. The Hall–Kier alpha value is 0.660. The van der Waals surface area contributed by atoms with Crippen LogP contribution in [-0.4, -0.2) is 16.4 Å². The minimum absolute atomic E-state index is 0.618. The molecular formula is C12H28NS2+. The van der Waals surface area contributed by atoms with Gasteiger partial charge < -0.3 is 0 Å². The molecule has 15 heavy (non-hydrogen) atoms. The fourth-order valence-electron chi connectivity index (χ4n) is 1.70. The van der Waals surface area contributed by atoms with E-state index < -0.39 is 0 Å². The molecule has 0 saturated carbocycles. The second-order valence-electron chi connectivity index (χ2n) is 4.45. The molecule has 0 rings (SSSR count). The monoisotopic (exact) mass is 250 g/mol. The van der Waals surface area contributed by atoms with E-state index in [2.05, 4.69) is 39.5 Å². The minimum atomic E-state index is 0.618. The molecule has 0 aromatic heterocycles. The first kappa shape index (κ1) is 15.7. The van der Waals surface area contributed by atoms with Crippen LogP contribution in [0, 0.1) is 0 Å². The van der Waals surface area contributed by atoms with Crippen molar-refractivity contribution in [2.24, 2.45) is 0 Å². The average Bonchev–Trinajstić information content (AvgIpc) is 2.20. The van der Waals surface area contributed by atoms with Gasteiger partial charge in [0.2, 0.25) is 0 Å². The van der Waals surface area contributed by atoms with Crippen molar-refractivity contribution >= 4 is 25.6 Å². The van der Waals surface area contributed by atoms with Crippen LogP contribution >= 0.6 is 25.6 Å². The Morgan fingerprint density at radius 2 is 1.07 bits per heavy atom. The maximum atomic E-state index is 4.59. The zero-order chi connectivity index (χ0) is 11.6. The van der Waals surface area contributed by atoms with Crippen LogP contribution in [0.1, 0.15) is 65.2 Å². The lowest BCUT2D eigenvalue weighted by Gasteiger charge is -2.24. The van der Waals surface area contributed by atoms with E-state index >= 15 is 0 Å². The van der Waals surface area contributed by atoms with Crippen molar-refractivity contribution in [1.29, 1.82) is 0 Å². The highest BCUT2D eigenvalue weighted by molar-refractivity contribution is 7.87. The van der Waals surface area contributed by atoms with Gasteiger partial charge in [0.15, 0.2) is 0 Å². The van der Waals surface area contributed by atoms with Gasteiger partial charge in [0, 0.05) is 0 Å². The van der Waals surface area contributed by atoms with Crippen molar-refractivity contribution in [2.45, 2.75) is 65.2 Å². The quantitative estimate of drug-likeness (QED) is 0.315. The molecule has 0 spiro atoms. The number of quaternary nitrogens is 1. The molecule has 3 heteroatoms. The van der Waals surface area contributed by atoms with E-state index in [9.17, 15) is 0 Å². The summed E-state index contributed by atoms with van der Waals surface area (Å²) in [5.41, 5.74) is 0. The zero-order valence-corrected chi connectivity index (χ0v) is 12.2. The Morgan fingerprint density at radius 3 is 1.40 bits per heavy atom. The Bertz CT molecular complexity index is 124. The van der Waals surface area contributed by atoms with Gasteiger partial charge in [0.25, 0.3) is 0 Å². The third-order valence-electron chi connectivity index (χ3n) is 2.74.